The number of aliphatic hydroxyl groups excluding tert-OH is 1. The summed E-state index contributed by atoms with van der Waals surface area (Å²) in [5.74, 6) is 0.329. The molecule has 4 nitrogen and oxygen atoms in total. The third kappa shape index (κ3) is 4.43. The molecule has 5 heteroatoms. The van der Waals surface area contributed by atoms with Crippen LogP contribution in [0.25, 0.3) is 0 Å². The average molecular weight is 295 g/mol. The Morgan fingerprint density at radius 1 is 1.48 bits per heavy atom. The van der Waals surface area contributed by atoms with Gasteiger partial charge in [-0.25, -0.2) is 4.39 Å². The van der Waals surface area contributed by atoms with Gasteiger partial charge in [0.15, 0.2) is 6.61 Å². The Morgan fingerprint density at radius 2 is 2.19 bits per heavy atom. The lowest BCUT2D eigenvalue weighted by Gasteiger charge is -2.39. The van der Waals surface area contributed by atoms with Crippen LogP contribution in [-0.4, -0.2) is 29.8 Å². The maximum atomic E-state index is 12.8. The quantitative estimate of drug-likeness (QED) is 0.876. The first kappa shape index (κ1) is 15.8. The van der Waals surface area contributed by atoms with Crippen molar-refractivity contribution in [3.63, 3.8) is 0 Å². The van der Waals surface area contributed by atoms with Gasteiger partial charge in [0.05, 0.1) is 12.1 Å². The zero-order valence-electron chi connectivity index (χ0n) is 12.3. The van der Waals surface area contributed by atoms with E-state index in [1.54, 1.807) is 0 Å². The Kier molecular flexibility index (Phi) is 5.17. The van der Waals surface area contributed by atoms with Crippen LogP contribution in [0.4, 0.5) is 4.39 Å². The second-order valence-electron chi connectivity index (χ2n) is 5.93. The topological polar surface area (TPSA) is 58.6 Å². The summed E-state index contributed by atoms with van der Waals surface area (Å²) in [6.07, 6.45) is 3.70. The minimum atomic E-state index is -0.527. The van der Waals surface area contributed by atoms with Crippen LogP contribution in [0.3, 0.4) is 0 Å². The maximum absolute atomic E-state index is 12.8. The van der Waals surface area contributed by atoms with Crippen molar-refractivity contribution in [1.82, 2.24) is 5.32 Å². The van der Waals surface area contributed by atoms with Gasteiger partial charge >= 0.3 is 0 Å². The summed E-state index contributed by atoms with van der Waals surface area (Å²) in [5.41, 5.74) is -0.527. The van der Waals surface area contributed by atoms with E-state index in [2.05, 4.69) is 12.2 Å². The summed E-state index contributed by atoms with van der Waals surface area (Å²) < 4.78 is 18.1. The van der Waals surface area contributed by atoms with Gasteiger partial charge in [-0.15, -0.1) is 0 Å². The SMILES string of the molecule is CC1CCCC(CO)(NC(=O)COc2ccc(F)cc2)C1. The number of rotatable bonds is 5. The number of hydrogen-bond acceptors (Lipinski definition) is 3. The van der Waals surface area contributed by atoms with E-state index in [4.69, 9.17) is 4.74 Å². The molecule has 2 atom stereocenters. The lowest BCUT2D eigenvalue weighted by molar-refractivity contribution is -0.126. The van der Waals surface area contributed by atoms with E-state index < -0.39 is 5.54 Å². The van der Waals surface area contributed by atoms with Gasteiger partial charge in [-0.05, 0) is 43.0 Å². The van der Waals surface area contributed by atoms with Crippen LogP contribution in [0.2, 0.25) is 0 Å². The summed E-state index contributed by atoms with van der Waals surface area (Å²) >= 11 is 0. The van der Waals surface area contributed by atoms with Crippen molar-refractivity contribution in [3.05, 3.63) is 30.1 Å². The molecule has 1 aliphatic carbocycles. The second-order valence-corrected chi connectivity index (χ2v) is 5.93. The number of carbonyl (C=O) groups excluding carboxylic acids is 1. The highest BCUT2D eigenvalue weighted by atomic mass is 19.1. The minimum absolute atomic E-state index is 0.0559. The lowest BCUT2D eigenvalue weighted by atomic mass is 9.77. The number of benzene rings is 1. The van der Waals surface area contributed by atoms with Crippen molar-refractivity contribution in [1.29, 1.82) is 0 Å². The van der Waals surface area contributed by atoms with Crippen LogP contribution >= 0.6 is 0 Å². The van der Waals surface area contributed by atoms with E-state index in [9.17, 15) is 14.3 Å². The van der Waals surface area contributed by atoms with E-state index in [0.717, 1.165) is 25.7 Å². The molecule has 0 spiro atoms. The van der Waals surface area contributed by atoms with Gasteiger partial charge in [0, 0.05) is 0 Å². The molecule has 0 aromatic heterocycles. The molecule has 2 rings (SSSR count). The van der Waals surface area contributed by atoms with E-state index in [0.29, 0.717) is 11.7 Å². The summed E-state index contributed by atoms with van der Waals surface area (Å²) in [6.45, 7) is 1.94. The van der Waals surface area contributed by atoms with E-state index in [1.165, 1.54) is 24.3 Å². The highest BCUT2D eigenvalue weighted by molar-refractivity contribution is 5.78. The predicted molar refractivity (Wildman–Crippen MR) is 77.5 cm³/mol. The number of aliphatic hydroxyl groups is 1. The summed E-state index contributed by atoms with van der Waals surface area (Å²) in [4.78, 5) is 12.0. The Labute approximate surface area is 124 Å². The van der Waals surface area contributed by atoms with E-state index in [-0.39, 0.29) is 24.9 Å². The van der Waals surface area contributed by atoms with Gasteiger partial charge in [-0.2, -0.15) is 0 Å². The maximum Gasteiger partial charge on any atom is 0.258 e. The molecule has 1 aromatic carbocycles. The largest absolute Gasteiger partial charge is 0.484 e. The van der Waals surface area contributed by atoms with Crippen LogP contribution in [-0.2, 0) is 4.79 Å². The molecule has 21 heavy (non-hydrogen) atoms. The molecule has 0 bridgehead atoms. The second kappa shape index (κ2) is 6.89. The molecule has 2 N–H and O–H groups in total. The van der Waals surface area contributed by atoms with Crippen molar-refractivity contribution in [2.75, 3.05) is 13.2 Å². The Morgan fingerprint density at radius 3 is 2.81 bits per heavy atom. The monoisotopic (exact) mass is 295 g/mol. The fraction of sp³-hybridized carbons (Fsp3) is 0.562. The van der Waals surface area contributed by atoms with Crippen molar-refractivity contribution >= 4 is 5.91 Å². The molecule has 0 aliphatic heterocycles. The number of amides is 1. The number of hydrogen-bond donors (Lipinski definition) is 2. The highest BCUT2D eigenvalue weighted by Gasteiger charge is 2.35. The molecular formula is C16H22FNO3. The predicted octanol–water partition coefficient (Wildman–Crippen LogP) is 2.26. The Balaban J connectivity index is 1.86. The first-order chi connectivity index (χ1) is 10.0. The smallest absolute Gasteiger partial charge is 0.258 e. The Bertz CT molecular complexity index is 477. The zero-order chi connectivity index (χ0) is 15.3. The van der Waals surface area contributed by atoms with Gasteiger partial charge in [0.1, 0.15) is 11.6 Å². The van der Waals surface area contributed by atoms with Crippen LogP contribution in [0, 0.1) is 11.7 Å². The van der Waals surface area contributed by atoms with E-state index >= 15 is 0 Å². The number of halogens is 1. The molecule has 0 heterocycles. The summed E-state index contributed by atoms with van der Waals surface area (Å²) in [5, 5.41) is 12.5. The van der Waals surface area contributed by atoms with Crippen molar-refractivity contribution in [2.45, 2.75) is 38.1 Å². The normalized spacial score (nSPS) is 25.4. The zero-order valence-corrected chi connectivity index (χ0v) is 12.3. The van der Waals surface area contributed by atoms with Gasteiger partial charge in [0.2, 0.25) is 0 Å². The van der Waals surface area contributed by atoms with Gasteiger partial charge in [-0.3, -0.25) is 4.79 Å². The fourth-order valence-electron chi connectivity index (χ4n) is 2.97. The third-order valence-corrected chi connectivity index (χ3v) is 3.98. The first-order valence-electron chi connectivity index (χ1n) is 7.33. The van der Waals surface area contributed by atoms with Crippen molar-refractivity contribution in [2.24, 2.45) is 5.92 Å². The number of nitrogens with one attached hydrogen (secondary N) is 1. The number of ether oxygens (including phenoxy) is 1. The molecule has 1 aliphatic rings. The lowest BCUT2D eigenvalue weighted by Crippen LogP contribution is -2.55. The first-order valence-corrected chi connectivity index (χ1v) is 7.33. The molecular weight excluding hydrogens is 273 g/mol. The van der Waals surface area contributed by atoms with Crippen molar-refractivity contribution in [3.8, 4) is 5.75 Å². The number of carbonyl (C=O) groups is 1. The van der Waals surface area contributed by atoms with Crippen LogP contribution in [0.15, 0.2) is 24.3 Å². The third-order valence-electron chi connectivity index (χ3n) is 3.98. The molecule has 1 aromatic rings. The molecule has 1 amide bonds. The van der Waals surface area contributed by atoms with E-state index in [1.807, 2.05) is 0 Å². The van der Waals surface area contributed by atoms with Crippen molar-refractivity contribution < 1.29 is 19.0 Å². The molecule has 1 saturated carbocycles. The molecule has 2 unspecified atom stereocenters. The molecule has 0 radical (unpaired) electrons. The van der Waals surface area contributed by atoms with Gasteiger partial charge < -0.3 is 15.2 Å². The average Bonchev–Trinajstić information content (AvgIpc) is 2.46. The molecule has 0 saturated heterocycles. The standard InChI is InChI=1S/C16H22FNO3/c1-12-3-2-8-16(9-12,11-19)18-15(20)10-21-14-6-4-13(17)5-7-14/h4-7,12,19H,2-3,8-11H2,1H3,(H,18,20). The fourth-order valence-corrected chi connectivity index (χ4v) is 2.97. The summed E-state index contributed by atoms with van der Waals surface area (Å²) in [7, 11) is 0. The Hall–Kier alpha value is -1.62. The van der Waals surface area contributed by atoms with Gasteiger partial charge in [0.25, 0.3) is 5.91 Å². The van der Waals surface area contributed by atoms with Crippen LogP contribution < -0.4 is 10.1 Å². The summed E-state index contributed by atoms with van der Waals surface area (Å²) in [6, 6.07) is 5.52. The van der Waals surface area contributed by atoms with Crippen LogP contribution in [0.5, 0.6) is 5.75 Å². The highest BCUT2D eigenvalue weighted by Crippen LogP contribution is 2.31. The molecule has 116 valence electrons. The van der Waals surface area contributed by atoms with Gasteiger partial charge in [-0.1, -0.05) is 19.8 Å². The molecule has 1 fully saturated rings. The van der Waals surface area contributed by atoms with Crippen LogP contribution in [0.1, 0.15) is 32.6 Å². The minimum Gasteiger partial charge on any atom is -0.484 e.